The smallest absolute Gasteiger partial charge is 0.792 e. The van der Waals surface area contributed by atoms with Crippen LogP contribution in [-0.4, -0.2) is 157 Å². The molecule has 0 spiro atoms. The third-order valence-corrected chi connectivity index (χ3v) is 21.7. The summed E-state index contributed by atoms with van der Waals surface area (Å²) in [7, 11) is 1.17. The molecule has 378 valence electrons. The van der Waals surface area contributed by atoms with E-state index < -0.39 is 32.2 Å². The molecule has 0 aliphatic carbocycles. The number of halogens is 2. The van der Waals surface area contributed by atoms with Crippen molar-refractivity contribution in [1.29, 1.82) is 0 Å². The second-order valence-electron chi connectivity index (χ2n) is 9.97. The van der Waals surface area contributed by atoms with Gasteiger partial charge in [0.25, 0.3) is 0 Å². The Hall–Kier alpha value is 7.60. The minimum atomic E-state index is -2.41. The van der Waals surface area contributed by atoms with E-state index in [9.17, 15) is 0 Å². The van der Waals surface area contributed by atoms with Gasteiger partial charge in [-0.25, -0.2) is 0 Å². The van der Waals surface area contributed by atoms with E-state index in [4.69, 9.17) is 66.4 Å². The van der Waals surface area contributed by atoms with Crippen LogP contribution in [0.3, 0.4) is 0 Å². The number of hydrogen-bond donors (Lipinski definition) is 1. The van der Waals surface area contributed by atoms with E-state index in [0.29, 0.717) is 66.1 Å². The standard InChI is InChI=1S/C8H21O3PSSi.C6H17O3PSi.2C5H13ClO2Si.2C2H7PS.2C2H4S.3Li.3H2P/c1-4-9-14(10-5-2,11-6-3)13-8-7-12;1-4-7-11(10,8-5-2)9-6-3;2*1-4-7-9(3,6)8-5-2;2*3-1-2-4;2*1-2-3-1;;;;;;/h4-8,12H2,1-3H3;4-6,10H2,1-3H3;2*4-5H2,1-3H3;2*4H,1-3H2;2*1-2H2;;;;3*1H2/q;;;;;;;;3*+1;3*-1/p-1. The quantitative estimate of drug-likeness (QED) is 0.0361. The molecule has 2 heterocycles. The molecule has 2 rings (SSSR count). The minimum absolute atomic E-state index is 0. The molecule has 31 heteroatoms. The fraction of sp³-hybridized carbons (Fsp3) is 1.00. The van der Waals surface area contributed by atoms with Gasteiger partial charge in [-0.3, -0.25) is 0 Å². The third kappa shape index (κ3) is 99.3. The maximum atomic E-state index is 5.83. The summed E-state index contributed by atoms with van der Waals surface area (Å²) in [4.78, 5) is 0. The van der Waals surface area contributed by atoms with Gasteiger partial charge in [0.15, 0.2) is 0 Å². The summed E-state index contributed by atoms with van der Waals surface area (Å²) in [6.07, 6.45) is 3.19. The molecule has 63 heavy (non-hydrogen) atoms. The molecule has 0 amide bonds. The first kappa shape index (κ1) is 99.6. The van der Waals surface area contributed by atoms with Crippen molar-refractivity contribution in [2.24, 2.45) is 0 Å². The first-order valence-corrected chi connectivity index (χ1v) is 39.2. The zero-order valence-electron chi connectivity index (χ0n) is 42.1. The monoisotopic (exact) mass is 1220 g/mol. The molecule has 2 saturated heterocycles. The predicted octanol–water partition coefficient (Wildman–Crippen LogP) is 1.94. The van der Waals surface area contributed by atoms with E-state index in [-0.39, 0.29) is 86.3 Å². The van der Waals surface area contributed by atoms with E-state index in [1.54, 1.807) is 11.2 Å². The molecule has 0 aromatic rings. The number of hydrogen-bond acceptors (Lipinski definition) is 15. The van der Waals surface area contributed by atoms with Gasteiger partial charge < -0.3 is 86.6 Å². The Balaban J connectivity index is -0.0000000487. The molecule has 0 aromatic carbocycles. The molecule has 0 bridgehead atoms. The molecule has 4 atom stereocenters. The summed E-state index contributed by atoms with van der Waals surface area (Å²) in [5.74, 6) is 8.51. The molecule has 2 aliphatic heterocycles. The van der Waals surface area contributed by atoms with Crippen molar-refractivity contribution in [3.63, 3.8) is 0 Å². The third-order valence-electron chi connectivity index (χ3n) is 4.66. The summed E-state index contributed by atoms with van der Waals surface area (Å²) in [6, 6.07) is 0. The summed E-state index contributed by atoms with van der Waals surface area (Å²) >= 11 is 25.8. The predicted molar refractivity (Wildman–Crippen MR) is 318 cm³/mol. The van der Waals surface area contributed by atoms with Gasteiger partial charge >= 0.3 is 88.7 Å². The molecule has 2 aliphatic rings. The topological polar surface area (TPSA) is 92.3 Å². The first-order valence-electron chi connectivity index (χ1n) is 19.6. The van der Waals surface area contributed by atoms with Crippen LogP contribution in [0.15, 0.2) is 0 Å². The van der Waals surface area contributed by atoms with Crippen molar-refractivity contribution in [2.75, 3.05) is 125 Å². The van der Waals surface area contributed by atoms with E-state index in [1.807, 2.05) is 106 Å². The van der Waals surface area contributed by atoms with Crippen molar-refractivity contribution in [2.45, 2.75) is 82.3 Å². The average molecular weight is 1220 g/mol. The Morgan fingerprint density at radius 3 is 0.841 bits per heavy atom. The van der Waals surface area contributed by atoms with E-state index in [2.05, 4.69) is 61.8 Å². The van der Waals surface area contributed by atoms with E-state index in [1.165, 1.54) is 23.0 Å². The van der Waals surface area contributed by atoms with Gasteiger partial charge in [-0.2, -0.15) is 41.9 Å². The largest absolute Gasteiger partial charge is 1.00 e. The summed E-state index contributed by atoms with van der Waals surface area (Å²) in [5, 5.41) is 0. The van der Waals surface area contributed by atoms with E-state index in [0.717, 1.165) is 35.7 Å². The Kier molecular flexibility index (Phi) is 124. The fourth-order valence-corrected chi connectivity index (χ4v) is 15.2. The normalized spacial score (nSPS) is 11.4. The van der Waals surface area contributed by atoms with Crippen LogP contribution < -0.4 is 56.6 Å². The van der Waals surface area contributed by atoms with Crippen molar-refractivity contribution in [3.8, 4) is 0 Å². The second kappa shape index (κ2) is 78.5. The molecule has 10 nitrogen and oxygen atoms in total. The van der Waals surface area contributed by atoms with Crippen LogP contribution in [0.5, 0.6) is 0 Å². The van der Waals surface area contributed by atoms with Crippen LogP contribution >= 0.6 is 136 Å². The number of rotatable bonds is 25. The molecule has 2 fully saturated rings. The summed E-state index contributed by atoms with van der Waals surface area (Å²) < 4.78 is 53.7. The van der Waals surface area contributed by atoms with Gasteiger partial charge in [0.2, 0.25) is 0 Å². The average Bonchev–Trinajstić information content (AvgIpc) is 4.04. The Morgan fingerprint density at radius 2 is 0.714 bits per heavy atom. The first-order chi connectivity index (χ1) is 27.0. The van der Waals surface area contributed by atoms with Crippen molar-refractivity contribution in [3.05, 3.63) is 0 Å². The van der Waals surface area contributed by atoms with Crippen molar-refractivity contribution in [1.82, 2.24) is 0 Å². The fourth-order valence-electron chi connectivity index (χ4n) is 2.81. The molecule has 0 saturated carbocycles. The maximum absolute atomic E-state index is 5.83. The molecule has 4 unspecified atom stereocenters. The Morgan fingerprint density at radius 1 is 0.508 bits per heavy atom. The van der Waals surface area contributed by atoms with Crippen molar-refractivity contribution < 1.29 is 101 Å². The van der Waals surface area contributed by atoms with Crippen LogP contribution in [-0.2, 0) is 56.9 Å². The van der Waals surface area contributed by atoms with E-state index >= 15 is 0 Å². The molecule has 0 N–H and O–H groups in total. The SMILES string of the molecule is C1CS1.C1CS1.CCO[Si](C)(Cl)OCC.CCO[Si](C)(Cl)OCC.CCO[Si](OCC)(OCC)SCCP.CCO[Si](P)(OCC)OCC.PCCS.PCC[S-].[Li+].[Li+].[Li+].[PH2-].[PH2-].[PH2-]. The molecular formula is C32H91Cl2Li3O10P7S5Si4-. The second-order valence-corrected chi connectivity index (χ2v) is 32.7. The number of thioether (sulfide) groups is 2. The molecular weight excluding hydrogens is 1130 g/mol. The van der Waals surface area contributed by atoms with Crippen LogP contribution in [0.1, 0.15) is 69.2 Å². The molecule has 0 aromatic heterocycles. The van der Waals surface area contributed by atoms with Crippen LogP contribution in [0.4, 0.5) is 0 Å². The Bertz CT molecular complexity index is 697. The Labute approximate surface area is 483 Å². The zero-order valence-corrected chi connectivity index (χ0v) is 59.9. The summed E-state index contributed by atoms with van der Waals surface area (Å²) in [5.41, 5.74) is 0. The van der Waals surface area contributed by atoms with Gasteiger partial charge in [-0.15, -0.1) is 27.7 Å². The van der Waals surface area contributed by atoms with Gasteiger partial charge in [0.05, 0.1) is 0 Å². The van der Waals surface area contributed by atoms with Crippen LogP contribution in [0.2, 0.25) is 13.1 Å². The zero-order chi connectivity index (χ0) is 45.3. The number of thiol groups is 1. The maximum Gasteiger partial charge on any atom is 1.00 e. The van der Waals surface area contributed by atoms with Gasteiger partial charge in [-0.05, 0) is 106 Å². The van der Waals surface area contributed by atoms with Gasteiger partial charge in [0.1, 0.15) is 0 Å². The summed E-state index contributed by atoms with van der Waals surface area (Å²) in [6.45, 7) is 29.4. The van der Waals surface area contributed by atoms with Gasteiger partial charge in [0, 0.05) is 89.1 Å². The van der Waals surface area contributed by atoms with Crippen LogP contribution in [0, 0.1) is 0 Å². The van der Waals surface area contributed by atoms with Crippen molar-refractivity contribution >= 4 is 181 Å². The molecule has 0 radical (unpaired) electrons. The van der Waals surface area contributed by atoms with Gasteiger partial charge in [-0.1, -0.05) is 48.3 Å². The van der Waals surface area contributed by atoms with Crippen LogP contribution in [0.25, 0.3) is 0 Å². The minimum Gasteiger partial charge on any atom is -0.792 e.